The van der Waals surface area contributed by atoms with E-state index in [-0.39, 0.29) is 0 Å². The molecule has 16 heavy (non-hydrogen) atoms. The monoisotopic (exact) mass is 265 g/mol. The third-order valence-corrected chi connectivity index (χ3v) is 6.91. The highest BCUT2D eigenvalue weighted by molar-refractivity contribution is 8.05. The lowest BCUT2D eigenvalue weighted by atomic mass is 10.2. The molecule has 0 bridgehead atoms. The van der Waals surface area contributed by atoms with E-state index < -0.39 is 12.1 Å². The van der Waals surface area contributed by atoms with Crippen LogP contribution >= 0.6 is 19.4 Å². The molecule has 0 aliphatic carbocycles. The lowest BCUT2D eigenvalue weighted by molar-refractivity contribution is 0.346. The van der Waals surface area contributed by atoms with E-state index in [9.17, 15) is 14.4 Å². The van der Waals surface area contributed by atoms with Crippen molar-refractivity contribution in [3.63, 3.8) is 0 Å². The van der Waals surface area contributed by atoms with Crippen LogP contribution in [-0.4, -0.2) is 29.5 Å². The molecular weight excluding hydrogens is 249 g/mol. The number of rotatable bonds is 6. The van der Waals surface area contributed by atoms with Gasteiger partial charge in [0.05, 0.1) is 5.75 Å². The van der Waals surface area contributed by atoms with Crippen molar-refractivity contribution in [2.24, 2.45) is 0 Å². The van der Waals surface area contributed by atoms with E-state index >= 15 is 0 Å². The van der Waals surface area contributed by atoms with Crippen molar-refractivity contribution in [3.05, 3.63) is 12.2 Å². The minimum absolute atomic E-state index is 0.423. The van der Waals surface area contributed by atoms with Gasteiger partial charge in [0.1, 0.15) is 16.6 Å². The zero-order valence-corrected chi connectivity index (χ0v) is 11.0. The van der Waals surface area contributed by atoms with Crippen molar-refractivity contribution >= 4 is 19.4 Å². The Hall–Kier alpha value is -0.360. The minimum atomic E-state index is -4.12. The van der Waals surface area contributed by atoms with E-state index in [2.05, 4.69) is 15.2 Å². The molecule has 0 aliphatic rings. The summed E-state index contributed by atoms with van der Waals surface area (Å²) in [5.74, 6) is 1.05. The van der Waals surface area contributed by atoms with E-state index in [1.807, 2.05) is 0 Å². The first-order valence-corrected chi connectivity index (χ1v) is 7.59. The van der Waals surface area contributed by atoms with Crippen LogP contribution in [0.1, 0.15) is 32.5 Å². The zero-order valence-electron chi connectivity index (χ0n) is 9.25. The molecule has 0 aromatic carbocycles. The minimum Gasteiger partial charge on any atom is -0.323 e. The van der Waals surface area contributed by atoms with Gasteiger partial charge in [0.25, 0.3) is 0 Å². The third-order valence-electron chi connectivity index (χ3n) is 2.58. The van der Waals surface area contributed by atoms with Gasteiger partial charge in [0.15, 0.2) is 0 Å². The predicted molar refractivity (Wildman–Crippen MR) is 63.0 cm³/mol. The molecule has 0 unspecified atom stereocenters. The number of thioether (sulfide) groups is 1. The summed E-state index contributed by atoms with van der Waals surface area (Å²) in [5.41, 5.74) is 0. The van der Waals surface area contributed by atoms with Crippen LogP contribution in [0.5, 0.6) is 0 Å². The summed E-state index contributed by atoms with van der Waals surface area (Å²) in [6, 6.07) is 0. The topological polar surface area (TPSA) is 99.1 Å². The highest BCUT2D eigenvalue weighted by atomic mass is 32.2. The first-order chi connectivity index (χ1) is 7.45. The summed E-state index contributed by atoms with van der Waals surface area (Å²) in [7, 11) is -4.12. The van der Waals surface area contributed by atoms with Crippen LogP contribution in [0.15, 0.2) is 6.33 Å². The van der Waals surface area contributed by atoms with Gasteiger partial charge in [0, 0.05) is 0 Å². The van der Waals surface area contributed by atoms with E-state index in [1.165, 1.54) is 18.1 Å². The fraction of sp³-hybridized carbons (Fsp3) is 0.750. The SMILES string of the molecule is CCC(CC)(SCc1ncn[nH]1)P(=O)(O)O. The maximum absolute atomic E-state index is 11.5. The van der Waals surface area contributed by atoms with E-state index in [0.29, 0.717) is 24.4 Å². The molecule has 92 valence electrons. The Morgan fingerprint density at radius 2 is 2.12 bits per heavy atom. The van der Waals surface area contributed by atoms with Crippen LogP contribution in [0.2, 0.25) is 0 Å². The average Bonchev–Trinajstić information content (AvgIpc) is 2.71. The molecule has 0 saturated carbocycles. The third kappa shape index (κ3) is 2.85. The Morgan fingerprint density at radius 3 is 2.50 bits per heavy atom. The fourth-order valence-electron chi connectivity index (χ4n) is 1.45. The van der Waals surface area contributed by atoms with Crippen LogP contribution in [0, 0.1) is 0 Å². The summed E-state index contributed by atoms with van der Waals surface area (Å²) in [4.78, 5) is 22.7. The second-order valence-corrected chi connectivity index (χ2v) is 7.02. The fourth-order valence-corrected chi connectivity index (χ4v) is 4.10. The lowest BCUT2D eigenvalue weighted by Gasteiger charge is -2.31. The summed E-state index contributed by atoms with van der Waals surface area (Å²) >= 11 is 1.24. The molecule has 0 aliphatic heterocycles. The number of nitrogens with one attached hydrogen (secondary N) is 1. The number of hydrogen-bond acceptors (Lipinski definition) is 4. The molecule has 0 radical (unpaired) electrons. The van der Waals surface area contributed by atoms with Crippen molar-refractivity contribution in [2.45, 2.75) is 36.9 Å². The Kier molecular flexibility index (Phi) is 4.55. The molecule has 1 rings (SSSR count). The molecule has 1 heterocycles. The molecule has 1 aromatic rings. The van der Waals surface area contributed by atoms with Crippen LogP contribution < -0.4 is 0 Å². The molecule has 1 aromatic heterocycles. The maximum atomic E-state index is 11.5. The van der Waals surface area contributed by atoms with Crippen molar-refractivity contribution in [3.8, 4) is 0 Å². The Morgan fingerprint density at radius 1 is 1.50 bits per heavy atom. The first kappa shape index (κ1) is 13.7. The second kappa shape index (κ2) is 5.31. The number of nitrogens with zero attached hydrogens (tertiary/aromatic N) is 2. The molecule has 6 nitrogen and oxygen atoms in total. The van der Waals surface area contributed by atoms with Crippen molar-refractivity contribution in [1.82, 2.24) is 15.2 Å². The largest absolute Gasteiger partial charge is 0.341 e. The summed E-state index contributed by atoms with van der Waals surface area (Å²) < 4.78 is 10.5. The van der Waals surface area contributed by atoms with Crippen LogP contribution in [0.25, 0.3) is 0 Å². The molecule has 0 saturated heterocycles. The van der Waals surface area contributed by atoms with E-state index in [4.69, 9.17) is 0 Å². The van der Waals surface area contributed by atoms with Crippen molar-refractivity contribution in [1.29, 1.82) is 0 Å². The van der Waals surface area contributed by atoms with Gasteiger partial charge >= 0.3 is 7.60 Å². The second-order valence-electron chi connectivity index (χ2n) is 3.42. The van der Waals surface area contributed by atoms with Crippen LogP contribution in [0.4, 0.5) is 0 Å². The first-order valence-electron chi connectivity index (χ1n) is 4.99. The van der Waals surface area contributed by atoms with Gasteiger partial charge in [-0.25, -0.2) is 4.98 Å². The Balaban J connectivity index is 2.76. The van der Waals surface area contributed by atoms with Gasteiger partial charge < -0.3 is 9.79 Å². The van der Waals surface area contributed by atoms with E-state index in [1.54, 1.807) is 13.8 Å². The Bertz CT molecular complexity index is 361. The molecule has 8 heteroatoms. The van der Waals surface area contributed by atoms with Gasteiger partial charge in [-0.05, 0) is 12.8 Å². The van der Waals surface area contributed by atoms with Gasteiger partial charge in [-0.2, -0.15) is 5.10 Å². The van der Waals surface area contributed by atoms with Gasteiger partial charge in [-0.3, -0.25) is 9.66 Å². The van der Waals surface area contributed by atoms with Crippen molar-refractivity contribution < 1.29 is 14.4 Å². The lowest BCUT2D eigenvalue weighted by Crippen LogP contribution is -2.23. The molecule has 0 spiro atoms. The molecule has 3 N–H and O–H groups in total. The van der Waals surface area contributed by atoms with E-state index in [0.717, 1.165) is 0 Å². The number of H-pyrrole nitrogens is 1. The quantitative estimate of drug-likeness (QED) is 0.677. The highest BCUT2D eigenvalue weighted by Gasteiger charge is 2.44. The predicted octanol–water partition coefficient (Wildman–Crippen LogP) is 1.73. The summed E-state index contributed by atoms with van der Waals surface area (Å²) in [6.45, 7) is 3.58. The summed E-state index contributed by atoms with van der Waals surface area (Å²) in [5, 5.41) is 6.37. The van der Waals surface area contributed by atoms with Gasteiger partial charge in [0.2, 0.25) is 0 Å². The number of aromatic nitrogens is 3. The molecule has 0 amide bonds. The van der Waals surface area contributed by atoms with Crippen molar-refractivity contribution in [2.75, 3.05) is 0 Å². The smallest absolute Gasteiger partial charge is 0.323 e. The zero-order chi connectivity index (χ0) is 12.2. The Labute approximate surface area is 98.4 Å². The summed E-state index contributed by atoms with van der Waals surface area (Å²) in [6.07, 6.45) is 2.23. The molecule has 0 atom stereocenters. The number of aromatic amines is 1. The molecule has 0 fully saturated rings. The van der Waals surface area contributed by atoms with Gasteiger partial charge in [-0.1, -0.05) is 13.8 Å². The van der Waals surface area contributed by atoms with Gasteiger partial charge in [-0.15, -0.1) is 11.8 Å². The maximum Gasteiger partial charge on any atom is 0.341 e. The normalized spacial score (nSPS) is 13.0. The van der Waals surface area contributed by atoms with Crippen LogP contribution in [0.3, 0.4) is 0 Å². The van der Waals surface area contributed by atoms with Crippen LogP contribution in [-0.2, 0) is 10.3 Å². The molecular formula is C8H16N3O3PS. The highest BCUT2D eigenvalue weighted by Crippen LogP contribution is 2.61. The number of hydrogen-bond donors (Lipinski definition) is 3. The average molecular weight is 265 g/mol. The standard InChI is InChI=1S/C8H16N3O3PS/c1-3-8(4-2,15(12,13)14)16-5-7-9-6-10-11-7/h6H,3-5H2,1-2H3,(H,9,10,11)(H2,12,13,14).